The van der Waals surface area contributed by atoms with Crippen LogP contribution >= 0.6 is 0 Å². The molecule has 2 atom stereocenters. The van der Waals surface area contributed by atoms with Crippen LogP contribution in [0.1, 0.15) is 30.0 Å². The van der Waals surface area contributed by atoms with E-state index in [1.54, 1.807) is 14.2 Å². The predicted octanol–water partition coefficient (Wildman–Crippen LogP) is 3.59. The van der Waals surface area contributed by atoms with E-state index in [1.165, 1.54) is 5.56 Å². The second kappa shape index (κ2) is 9.11. The van der Waals surface area contributed by atoms with Gasteiger partial charge in [-0.3, -0.25) is 4.90 Å². The van der Waals surface area contributed by atoms with Crippen molar-refractivity contribution in [3.8, 4) is 17.2 Å². The Bertz CT molecular complexity index is 749. The van der Waals surface area contributed by atoms with Crippen molar-refractivity contribution in [1.82, 2.24) is 4.90 Å². The van der Waals surface area contributed by atoms with Crippen LogP contribution < -0.4 is 14.2 Å². The summed E-state index contributed by atoms with van der Waals surface area (Å²) < 4.78 is 16.6. The van der Waals surface area contributed by atoms with E-state index in [9.17, 15) is 5.11 Å². The maximum atomic E-state index is 10.5. The van der Waals surface area contributed by atoms with E-state index >= 15 is 0 Å². The Morgan fingerprint density at radius 1 is 1.07 bits per heavy atom. The van der Waals surface area contributed by atoms with Gasteiger partial charge in [0.1, 0.15) is 18.5 Å². The molecule has 1 N–H and O–H groups in total. The highest BCUT2D eigenvalue weighted by atomic mass is 16.5. The van der Waals surface area contributed by atoms with Crippen LogP contribution in [0.15, 0.2) is 42.5 Å². The monoisotopic (exact) mass is 371 g/mol. The normalized spacial score (nSPS) is 18.3. The lowest BCUT2D eigenvalue weighted by Crippen LogP contribution is -2.35. The number of benzene rings is 2. The summed E-state index contributed by atoms with van der Waals surface area (Å²) in [5, 5.41) is 10.5. The summed E-state index contributed by atoms with van der Waals surface area (Å²) in [6, 6.07) is 14.2. The number of hydrogen-bond acceptors (Lipinski definition) is 5. The van der Waals surface area contributed by atoms with Crippen LogP contribution in [-0.2, 0) is 0 Å². The SMILES string of the molecule is COc1ccc(C2CCCN2CC(O)COc2ccccc2C)cc1OC. The number of β-amino-alcohol motifs (C(OH)–C–C–N with tert-alkyl or cyclic N) is 1. The number of aliphatic hydroxyl groups excluding tert-OH is 1. The van der Waals surface area contributed by atoms with Gasteiger partial charge in [0.2, 0.25) is 0 Å². The van der Waals surface area contributed by atoms with Gasteiger partial charge >= 0.3 is 0 Å². The van der Waals surface area contributed by atoms with Crippen molar-refractivity contribution in [1.29, 1.82) is 0 Å². The predicted molar refractivity (Wildman–Crippen MR) is 106 cm³/mol. The van der Waals surface area contributed by atoms with Gasteiger partial charge in [0, 0.05) is 12.6 Å². The van der Waals surface area contributed by atoms with Crippen LogP contribution in [-0.4, -0.2) is 50.0 Å². The van der Waals surface area contributed by atoms with Crippen LogP contribution in [0.5, 0.6) is 17.2 Å². The molecule has 27 heavy (non-hydrogen) atoms. The fraction of sp³-hybridized carbons (Fsp3) is 0.455. The van der Waals surface area contributed by atoms with Crippen molar-refractivity contribution in [2.24, 2.45) is 0 Å². The molecule has 1 aliphatic heterocycles. The van der Waals surface area contributed by atoms with Gasteiger partial charge in [-0.1, -0.05) is 24.3 Å². The second-order valence-electron chi connectivity index (χ2n) is 7.00. The van der Waals surface area contributed by atoms with E-state index in [2.05, 4.69) is 11.0 Å². The quantitative estimate of drug-likeness (QED) is 0.769. The molecular weight excluding hydrogens is 342 g/mol. The van der Waals surface area contributed by atoms with Gasteiger partial charge in [0.15, 0.2) is 11.5 Å². The Hall–Kier alpha value is -2.24. The number of methoxy groups -OCH3 is 2. The first-order chi connectivity index (χ1) is 13.1. The number of para-hydroxylation sites is 1. The zero-order chi connectivity index (χ0) is 19.2. The van der Waals surface area contributed by atoms with Gasteiger partial charge in [0.05, 0.1) is 14.2 Å². The molecule has 0 radical (unpaired) electrons. The first-order valence-electron chi connectivity index (χ1n) is 9.45. The van der Waals surface area contributed by atoms with Gasteiger partial charge in [-0.25, -0.2) is 0 Å². The summed E-state index contributed by atoms with van der Waals surface area (Å²) in [5.74, 6) is 2.30. The summed E-state index contributed by atoms with van der Waals surface area (Å²) in [6.07, 6.45) is 1.65. The number of hydrogen-bond donors (Lipinski definition) is 1. The summed E-state index contributed by atoms with van der Waals surface area (Å²) in [7, 11) is 3.30. The molecule has 3 rings (SSSR count). The molecule has 2 aromatic rings. The molecule has 5 heteroatoms. The minimum Gasteiger partial charge on any atom is -0.493 e. The summed E-state index contributed by atoms with van der Waals surface area (Å²) in [5.41, 5.74) is 2.27. The first-order valence-corrected chi connectivity index (χ1v) is 9.45. The minimum atomic E-state index is -0.537. The number of aliphatic hydroxyl groups is 1. The molecule has 5 nitrogen and oxygen atoms in total. The molecule has 2 aromatic carbocycles. The van der Waals surface area contributed by atoms with Crippen LogP contribution in [0.4, 0.5) is 0 Å². The standard InChI is InChI=1S/C22H29NO4/c1-16-7-4-5-9-20(16)27-15-18(24)14-23-12-6-8-19(23)17-10-11-21(25-2)22(13-17)26-3/h4-5,7,9-11,13,18-19,24H,6,8,12,14-15H2,1-3H3. The lowest BCUT2D eigenvalue weighted by Gasteiger charge is -2.27. The fourth-order valence-corrected chi connectivity index (χ4v) is 3.71. The van der Waals surface area contributed by atoms with E-state index in [0.717, 1.165) is 42.2 Å². The highest BCUT2D eigenvalue weighted by molar-refractivity contribution is 5.44. The molecule has 2 unspecified atom stereocenters. The number of aryl methyl sites for hydroxylation is 1. The molecule has 0 bridgehead atoms. The Morgan fingerprint density at radius 3 is 2.59 bits per heavy atom. The van der Waals surface area contributed by atoms with Crippen molar-refractivity contribution in [2.45, 2.75) is 31.9 Å². The molecule has 0 amide bonds. The van der Waals surface area contributed by atoms with Crippen molar-refractivity contribution >= 4 is 0 Å². The molecule has 146 valence electrons. The van der Waals surface area contributed by atoms with Crippen LogP contribution in [0.2, 0.25) is 0 Å². The van der Waals surface area contributed by atoms with Crippen LogP contribution in [0, 0.1) is 6.92 Å². The molecule has 0 saturated carbocycles. The third-order valence-electron chi connectivity index (χ3n) is 5.13. The maximum absolute atomic E-state index is 10.5. The first kappa shape index (κ1) is 19.5. The molecular formula is C22H29NO4. The third kappa shape index (κ3) is 4.73. The zero-order valence-corrected chi connectivity index (χ0v) is 16.4. The van der Waals surface area contributed by atoms with Crippen molar-refractivity contribution < 1.29 is 19.3 Å². The Balaban J connectivity index is 1.62. The Labute approximate surface area is 161 Å². The maximum Gasteiger partial charge on any atom is 0.161 e. The van der Waals surface area contributed by atoms with E-state index in [4.69, 9.17) is 14.2 Å². The average Bonchev–Trinajstić information content (AvgIpc) is 3.14. The van der Waals surface area contributed by atoms with E-state index in [0.29, 0.717) is 13.2 Å². The lowest BCUT2D eigenvalue weighted by molar-refractivity contribution is 0.0636. The van der Waals surface area contributed by atoms with Crippen LogP contribution in [0.25, 0.3) is 0 Å². The van der Waals surface area contributed by atoms with Gasteiger partial charge in [-0.05, 0) is 55.6 Å². The van der Waals surface area contributed by atoms with Crippen LogP contribution in [0.3, 0.4) is 0 Å². The van der Waals surface area contributed by atoms with Gasteiger partial charge in [0.25, 0.3) is 0 Å². The van der Waals surface area contributed by atoms with Crippen molar-refractivity contribution in [3.63, 3.8) is 0 Å². The Morgan fingerprint density at radius 2 is 1.85 bits per heavy atom. The lowest BCUT2D eigenvalue weighted by atomic mass is 10.0. The highest BCUT2D eigenvalue weighted by Crippen LogP contribution is 2.36. The van der Waals surface area contributed by atoms with Gasteiger partial charge < -0.3 is 19.3 Å². The molecule has 0 aliphatic carbocycles. The molecule has 1 fully saturated rings. The largest absolute Gasteiger partial charge is 0.493 e. The summed E-state index contributed by atoms with van der Waals surface area (Å²) in [6.45, 7) is 3.86. The fourth-order valence-electron chi connectivity index (χ4n) is 3.71. The smallest absolute Gasteiger partial charge is 0.161 e. The van der Waals surface area contributed by atoms with E-state index in [1.807, 2.05) is 43.3 Å². The summed E-state index contributed by atoms with van der Waals surface area (Å²) >= 11 is 0. The second-order valence-corrected chi connectivity index (χ2v) is 7.00. The Kier molecular flexibility index (Phi) is 6.58. The average molecular weight is 371 g/mol. The van der Waals surface area contributed by atoms with Crippen molar-refractivity contribution in [3.05, 3.63) is 53.6 Å². The highest BCUT2D eigenvalue weighted by Gasteiger charge is 2.28. The topological polar surface area (TPSA) is 51.2 Å². The third-order valence-corrected chi connectivity index (χ3v) is 5.13. The number of rotatable bonds is 8. The molecule has 1 saturated heterocycles. The van der Waals surface area contributed by atoms with Gasteiger partial charge in [-0.15, -0.1) is 0 Å². The summed E-state index contributed by atoms with van der Waals surface area (Å²) in [4.78, 5) is 2.33. The number of ether oxygens (including phenoxy) is 3. The molecule has 1 heterocycles. The van der Waals surface area contributed by atoms with Gasteiger partial charge in [-0.2, -0.15) is 0 Å². The molecule has 0 aromatic heterocycles. The number of nitrogens with zero attached hydrogens (tertiary/aromatic N) is 1. The number of likely N-dealkylation sites (tertiary alicyclic amines) is 1. The molecule has 0 spiro atoms. The van der Waals surface area contributed by atoms with E-state index in [-0.39, 0.29) is 6.04 Å². The molecule has 1 aliphatic rings. The zero-order valence-electron chi connectivity index (χ0n) is 16.4. The van der Waals surface area contributed by atoms with Crippen molar-refractivity contribution in [2.75, 3.05) is 33.9 Å². The minimum absolute atomic E-state index is 0.276. The van der Waals surface area contributed by atoms with E-state index < -0.39 is 6.10 Å².